The van der Waals surface area contributed by atoms with E-state index in [0.29, 0.717) is 0 Å². The zero-order chi connectivity index (χ0) is 10.5. The Bertz CT molecular complexity index is 195. The Labute approximate surface area is 75.6 Å². The van der Waals surface area contributed by atoms with Crippen LogP contribution in [0.3, 0.4) is 0 Å². The van der Waals surface area contributed by atoms with Gasteiger partial charge in [0.05, 0.1) is 6.61 Å². The number of halogens is 2. The van der Waals surface area contributed by atoms with Crippen LogP contribution in [0.1, 0.15) is 13.3 Å². The quantitative estimate of drug-likeness (QED) is 0.525. The van der Waals surface area contributed by atoms with Crippen LogP contribution in [-0.2, 0) is 9.53 Å². The Hall–Kier alpha value is -0.970. The van der Waals surface area contributed by atoms with Gasteiger partial charge in [-0.3, -0.25) is 4.79 Å². The minimum Gasteiger partial charge on any atom is -0.465 e. The Morgan fingerprint density at radius 1 is 1.77 bits per heavy atom. The summed E-state index contributed by atoms with van der Waals surface area (Å²) < 4.78 is 30.1. The fourth-order valence-electron chi connectivity index (χ4n) is 0.724. The molecule has 0 aromatic rings. The largest absolute Gasteiger partial charge is 0.465 e. The highest BCUT2D eigenvalue weighted by atomic mass is 19.3. The van der Waals surface area contributed by atoms with E-state index in [4.69, 9.17) is 5.73 Å². The van der Waals surface area contributed by atoms with Gasteiger partial charge in [0, 0.05) is 6.42 Å². The summed E-state index contributed by atoms with van der Waals surface area (Å²) in [6.45, 7) is 4.71. The Kier molecular flexibility index (Phi) is 4.55. The van der Waals surface area contributed by atoms with Gasteiger partial charge in [0.15, 0.2) is 6.04 Å². The summed E-state index contributed by atoms with van der Waals surface area (Å²) in [7, 11) is 0. The number of allylic oxidation sites excluding steroid dienone is 1. The molecule has 0 amide bonds. The summed E-state index contributed by atoms with van der Waals surface area (Å²) in [5.74, 6) is -4.37. The smallest absolute Gasteiger partial charge is 0.329 e. The first-order valence-corrected chi connectivity index (χ1v) is 3.86. The van der Waals surface area contributed by atoms with E-state index in [1.54, 1.807) is 0 Å². The molecule has 0 rings (SSSR count). The molecular formula is C8H13F2NO2. The van der Waals surface area contributed by atoms with Crippen LogP contribution in [-0.4, -0.2) is 24.5 Å². The van der Waals surface area contributed by atoms with Gasteiger partial charge in [-0.2, -0.15) is 0 Å². The minimum absolute atomic E-state index is 0.0384. The topological polar surface area (TPSA) is 52.3 Å². The maximum atomic E-state index is 12.9. The van der Waals surface area contributed by atoms with Crippen LogP contribution in [0.25, 0.3) is 0 Å². The van der Waals surface area contributed by atoms with Crippen molar-refractivity contribution in [3.05, 3.63) is 12.7 Å². The Morgan fingerprint density at radius 3 is 2.69 bits per heavy atom. The highest BCUT2D eigenvalue weighted by Crippen LogP contribution is 2.22. The van der Waals surface area contributed by atoms with Gasteiger partial charge in [0.25, 0.3) is 5.92 Å². The molecule has 76 valence electrons. The number of alkyl halides is 2. The van der Waals surface area contributed by atoms with Gasteiger partial charge >= 0.3 is 5.97 Å². The van der Waals surface area contributed by atoms with E-state index in [1.165, 1.54) is 6.92 Å². The van der Waals surface area contributed by atoms with Crippen molar-refractivity contribution in [2.75, 3.05) is 6.61 Å². The molecule has 0 aromatic heterocycles. The first-order valence-electron chi connectivity index (χ1n) is 3.86. The van der Waals surface area contributed by atoms with Gasteiger partial charge < -0.3 is 10.5 Å². The Morgan fingerprint density at radius 2 is 2.31 bits per heavy atom. The molecule has 0 aliphatic rings. The Balaban J connectivity index is 4.29. The van der Waals surface area contributed by atoms with Crippen molar-refractivity contribution in [2.24, 2.45) is 5.73 Å². The van der Waals surface area contributed by atoms with Crippen LogP contribution in [0.15, 0.2) is 12.7 Å². The molecule has 0 saturated carbocycles. The van der Waals surface area contributed by atoms with Crippen molar-refractivity contribution in [2.45, 2.75) is 25.3 Å². The van der Waals surface area contributed by atoms with E-state index in [0.717, 1.165) is 6.08 Å². The number of rotatable bonds is 5. The lowest BCUT2D eigenvalue weighted by Gasteiger charge is -2.20. The molecule has 0 radical (unpaired) electrons. The predicted octanol–water partition coefficient (Wildman–Crippen LogP) is 1.09. The average molecular weight is 193 g/mol. The van der Waals surface area contributed by atoms with Gasteiger partial charge in [-0.15, -0.1) is 6.58 Å². The molecule has 2 N–H and O–H groups in total. The molecule has 5 heteroatoms. The SMILES string of the molecule is C=CCC(F)(F)[C@@H](N)C(=O)OCC. The van der Waals surface area contributed by atoms with Crippen molar-refractivity contribution in [3.63, 3.8) is 0 Å². The van der Waals surface area contributed by atoms with Crippen molar-refractivity contribution >= 4 is 5.97 Å². The van der Waals surface area contributed by atoms with E-state index in [1.807, 2.05) is 0 Å². The third-order valence-corrected chi connectivity index (χ3v) is 1.41. The minimum atomic E-state index is -3.28. The molecule has 0 aliphatic heterocycles. The van der Waals surface area contributed by atoms with Crippen molar-refractivity contribution in [3.8, 4) is 0 Å². The van der Waals surface area contributed by atoms with E-state index < -0.39 is 24.4 Å². The van der Waals surface area contributed by atoms with Crippen molar-refractivity contribution in [1.82, 2.24) is 0 Å². The van der Waals surface area contributed by atoms with Crippen LogP contribution in [0.5, 0.6) is 0 Å². The molecular weight excluding hydrogens is 180 g/mol. The maximum Gasteiger partial charge on any atom is 0.329 e. The molecule has 0 aliphatic carbocycles. The summed E-state index contributed by atoms with van der Waals surface area (Å²) in [6.07, 6.45) is 0.381. The van der Waals surface area contributed by atoms with E-state index in [-0.39, 0.29) is 6.61 Å². The maximum absolute atomic E-state index is 12.9. The van der Waals surface area contributed by atoms with Crippen molar-refractivity contribution < 1.29 is 18.3 Å². The molecule has 0 unspecified atom stereocenters. The standard InChI is InChI=1S/C8H13F2NO2/c1-3-5-8(9,10)6(11)7(12)13-4-2/h3,6H,1,4-5,11H2,2H3/t6-/m0/s1. The lowest BCUT2D eigenvalue weighted by Crippen LogP contribution is -2.47. The van der Waals surface area contributed by atoms with Crippen LogP contribution in [0, 0.1) is 0 Å². The number of hydrogen-bond donors (Lipinski definition) is 1. The molecule has 0 spiro atoms. The summed E-state index contributed by atoms with van der Waals surface area (Å²) in [4.78, 5) is 10.8. The van der Waals surface area contributed by atoms with Gasteiger partial charge in [0.1, 0.15) is 0 Å². The highest BCUT2D eigenvalue weighted by Gasteiger charge is 2.41. The molecule has 0 aromatic carbocycles. The molecule has 0 saturated heterocycles. The lowest BCUT2D eigenvalue weighted by atomic mass is 10.1. The summed E-state index contributed by atoms with van der Waals surface area (Å²) in [6, 6.07) is -1.91. The molecule has 3 nitrogen and oxygen atoms in total. The zero-order valence-electron chi connectivity index (χ0n) is 7.43. The fourth-order valence-corrected chi connectivity index (χ4v) is 0.724. The number of ether oxygens (including phenoxy) is 1. The summed E-state index contributed by atoms with van der Waals surface area (Å²) in [5, 5.41) is 0. The number of esters is 1. The second kappa shape index (κ2) is 4.91. The van der Waals surface area contributed by atoms with Crippen LogP contribution < -0.4 is 5.73 Å². The molecule has 13 heavy (non-hydrogen) atoms. The second-order valence-corrected chi connectivity index (χ2v) is 2.48. The van der Waals surface area contributed by atoms with Gasteiger partial charge in [-0.1, -0.05) is 6.08 Å². The van der Waals surface area contributed by atoms with Gasteiger partial charge in [-0.05, 0) is 6.92 Å². The predicted molar refractivity (Wildman–Crippen MR) is 44.4 cm³/mol. The third-order valence-electron chi connectivity index (χ3n) is 1.41. The van der Waals surface area contributed by atoms with Gasteiger partial charge in [0.2, 0.25) is 0 Å². The fraction of sp³-hybridized carbons (Fsp3) is 0.625. The molecule has 0 bridgehead atoms. The van der Waals surface area contributed by atoms with Crippen LogP contribution >= 0.6 is 0 Å². The number of nitrogens with two attached hydrogens (primary N) is 1. The third kappa shape index (κ3) is 3.50. The second-order valence-electron chi connectivity index (χ2n) is 2.48. The lowest BCUT2D eigenvalue weighted by molar-refractivity contribution is -0.154. The van der Waals surface area contributed by atoms with E-state index in [2.05, 4.69) is 11.3 Å². The van der Waals surface area contributed by atoms with Gasteiger partial charge in [-0.25, -0.2) is 8.78 Å². The van der Waals surface area contributed by atoms with E-state index in [9.17, 15) is 13.6 Å². The van der Waals surface area contributed by atoms with E-state index >= 15 is 0 Å². The summed E-state index contributed by atoms with van der Waals surface area (Å²) in [5.41, 5.74) is 4.99. The van der Waals surface area contributed by atoms with Crippen LogP contribution in [0.4, 0.5) is 8.78 Å². The van der Waals surface area contributed by atoms with Crippen LogP contribution in [0.2, 0.25) is 0 Å². The summed E-state index contributed by atoms with van der Waals surface area (Å²) >= 11 is 0. The average Bonchev–Trinajstić information content (AvgIpc) is 2.03. The normalized spacial score (nSPS) is 13.5. The zero-order valence-corrected chi connectivity index (χ0v) is 7.43. The number of hydrogen-bond acceptors (Lipinski definition) is 3. The molecule has 0 fully saturated rings. The first-order chi connectivity index (χ1) is 5.95. The first kappa shape index (κ1) is 12.0. The number of carbonyl (C=O) groups is 1. The molecule has 1 atom stereocenters. The monoisotopic (exact) mass is 193 g/mol. The molecule has 0 heterocycles. The number of carbonyl (C=O) groups excluding carboxylic acids is 1. The highest BCUT2D eigenvalue weighted by molar-refractivity contribution is 5.76. The van der Waals surface area contributed by atoms with Crippen molar-refractivity contribution in [1.29, 1.82) is 0 Å².